The van der Waals surface area contributed by atoms with E-state index in [9.17, 15) is 9.00 Å². The van der Waals surface area contributed by atoms with Crippen LogP contribution in [0.25, 0.3) is 0 Å². The minimum absolute atomic E-state index is 0.0361. The van der Waals surface area contributed by atoms with E-state index in [1.54, 1.807) is 30.7 Å². The van der Waals surface area contributed by atoms with Gasteiger partial charge in [0, 0.05) is 34.2 Å². The Balaban J connectivity index is 1.78. The number of likely N-dealkylation sites (tertiary alicyclic amines) is 1. The summed E-state index contributed by atoms with van der Waals surface area (Å²) in [7, 11) is -1.07. The first kappa shape index (κ1) is 16.8. The zero-order valence-corrected chi connectivity index (χ0v) is 14.6. The van der Waals surface area contributed by atoms with Gasteiger partial charge in [0.05, 0.1) is 12.3 Å². The minimum atomic E-state index is -1.07. The summed E-state index contributed by atoms with van der Waals surface area (Å²) in [4.78, 5) is 15.4. The molecule has 0 aliphatic carbocycles. The van der Waals surface area contributed by atoms with Crippen molar-refractivity contribution in [1.82, 2.24) is 4.90 Å². The fraction of sp³-hybridized carbons (Fsp3) is 0.389. The van der Waals surface area contributed by atoms with Crippen LogP contribution in [0.5, 0.6) is 0 Å². The van der Waals surface area contributed by atoms with Gasteiger partial charge in [-0.2, -0.15) is 0 Å². The van der Waals surface area contributed by atoms with Gasteiger partial charge in [-0.15, -0.1) is 0 Å². The lowest BCUT2D eigenvalue weighted by molar-refractivity contribution is 0.179. The minimum Gasteiger partial charge on any atom is -0.467 e. The smallest absolute Gasteiger partial charge is 0.322 e. The highest BCUT2D eigenvalue weighted by Crippen LogP contribution is 2.31. The average Bonchev–Trinajstić information content (AvgIpc) is 2.99. The van der Waals surface area contributed by atoms with E-state index in [1.807, 2.05) is 23.1 Å². The molecule has 1 saturated heterocycles. The summed E-state index contributed by atoms with van der Waals surface area (Å²) in [5.41, 5.74) is 0.662. The summed E-state index contributed by atoms with van der Waals surface area (Å²) >= 11 is 0. The highest BCUT2D eigenvalue weighted by molar-refractivity contribution is 7.84. The van der Waals surface area contributed by atoms with Gasteiger partial charge in [0.1, 0.15) is 5.76 Å². The molecule has 1 N–H and O–H groups in total. The second-order valence-corrected chi connectivity index (χ2v) is 7.37. The predicted octanol–water partition coefficient (Wildman–Crippen LogP) is 4.17. The monoisotopic (exact) mass is 346 g/mol. The van der Waals surface area contributed by atoms with Crippen LogP contribution in [0, 0.1) is 0 Å². The Hall–Kier alpha value is -2.08. The molecule has 2 amide bonds. The van der Waals surface area contributed by atoms with Gasteiger partial charge >= 0.3 is 6.03 Å². The molecule has 0 saturated carbocycles. The Bertz CT molecular complexity index is 715. The van der Waals surface area contributed by atoms with Gasteiger partial charge in [-0.3, -0.25) is 4.21 Å². The first-order valence-corrected chi connectivity index (χ1v) is 9.75. The number of nitrogens with one attached hydrogen (secondary N) is 1. The van der Waals surface area contributed by atoms with Crippen molar-refractivity contribution in [2.24, 2.45) is 0 Å². The molecule has 2 unspecified atom stereocenters. The number of amides is 2. The van der Waals surface area contributed by atoms with Crippen LogP contribution in [0.3, 0.4) is 0 Å². The maximum Gasteiger partial charge on any atom is 0.322 e. The molecule has 3 rings (SSSR count). The maximum atomic E-state index is 12.8. The van der Waals surface area contributed by atoms with Crippen LogP contribution in [0.15, 0.2) is 52.0 Å². The number of urea groups is 1. The lowest BCUT2D eigenvalue weighted by Crippen LogP contribution is -2.37. The number of nitrogens with zero attached hydrogens (tertiary/aromatic N) is 1. The van der Waals surface area contributed by atoms with Crippen molar-refractivity contribution in [3.05, 3.63) is 48.4 Å². The number of hydrogen-bond acceptors (Lipinski definition) is 3. The number of carbonyl (C=O) groups excluding carboxylic acids is 1. The van der Waals surface area contributed by atoms with Gasteiger partial charge in [-0.05, 0) is 43.2 Å². The van der Waals surface area contributed by atoms with E-state index in [4.69, 9.17) is 4.42 Å². The topological polar surface area (TPSA) is 62.6 Å². The van der Waals surface area contributed by atoms with Crippen molar-refractivity contribution in [3.63, 3.8) is 0 Å². The van der Waals surface area contributed by atoms with Gasteiger partial charge < -0.3 is 14.6 Å². The molecule has 1 aromatic heterocycles. The van der Waals surface area contributed by atoms with Crippen molar-refractivity contribution >= 4 is 22.5 Å². The first-order valence-electron chi connectivity index (χ1n) is 8.19. The molecule has 0 spiro atoms. The number of benzene rings is 1. The Morgan fingerprint density at radius 1 is 1.25 bits per heavy atom. The molecule has 2 heterocycles. The summed E-state index contributed by atoms with van der Waals surface area (Å²) in [6.45, 7) is 0.705. The molecule has 5 nitrogen and oxygen atoms in total. The number of hydrogen-bond donors (Lipinski definition) is 1. The molecule has 1 aliphatic heterocycles. The molecule has 1 fully saturated rings. The standard InChI is InChI=1S/C18H22N2O3S/c1-24(22)15-8-5-7-14(13-15)19-18(21)20-11-4-2-3-9-16(20)17-10-6-12-23-17/h5-8,10,12-13,16H,2-4,9,11H2,1H3,(H,19,21). The van der Waals surface area contributed by atoms with Crippen molar-refractivity contribution in [2.45, 2.75) is 36.6 Å². The molecule has 24 heavy (non-hydrogen) atoms. The number of carbonyl (C=O) groups is 1. The van der Waals surface area contributed by atoms with Gasteiger partial charge in [0.2, 0.25) is 0 Å². The van der Waals surface area contributed by atoms with E-state index in [0.717, 1.165) is 31.4 Å². The highest BCUT2D eigenvalue weighted by atomic mass is 32.2. The molecule has 6 heteroatoms. The summed E-state index contributed by atoms with van der Waals surface area (Å²) in [6.07, 6.45) is 7.37. The molecule has 2 atom stereocenters. The van der Waals surface area contributed by atoms with Crippen molar-refractivity contribution in [1.29, 1.82) is 0 Å². The number of anilines is 1. The molecule has 1 aliphatic rings. The van der Waals surface area contributed by atoms with Crippen molar-refractivity contribution in [2.75, 3.05) is 18.1 Å². The zero-order valence-electron chi connectivity index (χ0n) is 13.7. The quantitative estimate of drug-likeness (QED) is 0.907. The molecule has 2 aromatic rings. The van der Waals surface area contributed by atoms with Gasteiger partial charge in [0.15, 0.2) is 0 Å². The van der Waals surface area contributed by atoms with E-state index in [0.29, 0.717) is 17.1 Å². The summed E-state index contributed by atoms with van der Waals surface area (Å²) < 4.78 is 17.2. The summed E-state index contributed by atoms with van der Waals surface area (Å²) in [6, 6.07) is 10.8. The highest BCUT2D eigenvalue weighted by Gasteiger charge is 2.28. The molecule has 128 valence electrons. The predicted molar refractivity (Wildman–Crippen MR) is 94.4 cm³/mol. The maximum absolute atomic E-state index is 12.8. The van der Waals surface area contributed by atoms with Gasteiger partial charge in [-0.25, -0.2) is 4.79 Å². The molecule has 0 bridgehead atoms. The molecule has 1 aromatic carbocycles. The van der Waals surface area contributed by atoms with E-state index in [-0.39, 0.29) is 12.1 Å². The lowest BCUT2D eigenvalue weighted by Gasteiger charge is -2.28. The zero-order chi connectivity index (χ0) is 16.9. The summed E-state index contributed by atoms with van der Waals surface area (Å²) in [5.74, 6) is 0.829. The van der Waals surface area contributed by atoms with Gasteiger partial charge in [0.25, 0.3) is 0 Å². The SMILES string of the molecule is CS(=O)c1cccc(NC(=O)N2CCCCCC2c2ccco2)c1. The lowest BCUT2D eigenvalue weighted by atomic mass is 10.1. The van der Waals surface area contributed by atoms with Crippen LogP contribution >= 0.6 is 0 Å². The Morgan fingerprint density at radius 3 is 2.88 bits per heavy atom. The van der Waals surface area contributed by atoms with Crippen LogP contribution in [-0.2, 0) is 10.8 Å². The fourth-order valence-electron chi connectivity index (χ4n) is 3.08. The van der Waals surface area contributed by atoms with Crippen molar-refractivity contribution in [3.8, 4) is 0 Å². The number of furan rings is 1. The Kier molecular flexibility index (Phi) is 5.35. The molecule has 0 radical (unpaired) electrons. The van der Waals surface area contributed by atoms with E-state index in [2.05, 4.69) is 5.32 Å². The first-order chi connectivity index (χ1) is 11.6. The summed E-state index contributed by atoms with van der Waals surface area (Å²) in [5, 5.41) is 2.94. The number of rotatable bonds is 3. The van der Waals surface area contributed by atoms with E-state index < -0.39 is 10.8 Å². The molecular weight excluding hydrogens is 324 g/mol. The Labute approximate surface area is 144 Å². The van der Waals surface area contributed by atoms with Crippen LogP contribution < -0.4 is 5.32 Å². The average molecular weight is 346 g/mol. The fourth-order valence-corrected chi connectivity index (χ4v) is 3.64. The molecular formula is C18H22N2O3S. The van der Waals surface area contributed by atoms with Crippen LogP contribution in [0.2, 0.25) is 0 Å². The largest absolute Gasteiger partial charge is 0.467 e. The van der Waals surface area contributed by atoms with E-state index in [1.165, 1.54) is 0 Å². The van der Waals surface area contributed by atoms with E-state index >= 15 is 0 Å². The Morgan fingerprint density at radius 2 is 2.12 bits per heavy atom. The van der Waals surface area contributed by atoms with Crippen LogP contribution in [-0.4, -0.2) is 27.9 Å². The van der Waals surface area contributed by atoms with Gasteiger partial charge in [-0.1, -0.05) is 18.9 Å². The third kappa shape index (κ3) is 3.87. The second-order valence-electron chi connectivity index (χ2n) is 5.99. The van der Waals surface area contributed by atoms with Crippen LogP contribution in [0.4, 0.5) is 10.5 Å². The van der Waals surface area contributed by atoms with Crippen LogP contribution in [0.1, 0.15) is 37.5 Å². The third-order valence-electron chi connectivity index (χ3n) is 4.30. The third-order valence-corrected chi connectivity index (χ3v) is 5.22. The normalized spacial score (nSPS) is 19.5. The van der Waals surface area contributed by atoms with Crippen molar-refractivity contribution < 1.29 is 13.4 Å². The second kappa shape index (κ2) is 7.66.